The van der Waals surface area contributed by atoms with E-state index < -0.39 is 10.0 Å². The van der Waals surface area contributed by atoms with Gasteiger partial charge in [0.1, 0.15) is 0 Å². The van der Waals surface area contributed by atoms with Gasteiger partial charge >= 0.3 is 0 Å². The Morgan fingerprint density at radius 3 is 2.44 bits per heavy atom. The Hall–Kier alpha value is -1.31. The highest BCUT2D eigenvalue weighted by Gasteiger charge is 2.27. The number of rotatable bonds is 8. The van der Waals surface area contributed by atoms with Crippen molar-refractivity contribution in [2.24, 2.45) is 5.92 Å². The number of halogens is 1. The first-order valence-electron chi connectivity index (χ1n) is 9.60. The van der Waals surface area contributed by atoms with E-state index in [2.05, 4.69) is 10.0 Å². The highest BCUT2D eigenvalue weighted by Crippen LogP contribution is 2.28. The monoisotopic (exact) mass is 415 g/mol. The van der Waals surface area contributed by atoms with Crippen molar-refractivity contribution in [2.75, 3.05) is 30.1 Å². The molecule has 0 radical (unpaired) electrons. The van der Waals surface area contributed by atoms with E-state index in [4.69, 9.17) is 0 Å². The Morgan fingerprint density at radius 1 is 1.15 bits per heavy atom. The molecular formula is C19H30ClN3O3S. The van der Waals surface area contributed by atoms with E-state index in [9.17, 15) is 13.2 Å². The summed E-state index contributed by atoms with van der Waals surface area (Å²) in [5.74, 6) is 0.811. The molecule has 1 aliphatic carbocycles. The lowest BCUT2D eigenvalue weighted by Crippen LogP contribution is -2.45. The smallest absolute Gasteiger partial charge is 0.255 e. The van der Waals surface area contributed by atoms with Crippen molar-refractivity contribution in [2.45, 2.75) is 45.1 Å². The zero-order valence-electron chi connectivity index (χ0n) is 15.8. The Labute approximate surface area is 168 Å². The van der Waals surface area contributed by atoms with Crippen molar-refractivity contribution < 1.29 is 13.2 Å². The molecule has 1 amide bonds. The van der Waals surface area contributed by atoms with E-state index in [0.717, 1.165) is 25.3 Å². The van der Waals surface area contributed by atoms with E-state index in [1.54, 1.807) is 24.3 Å². The first-order valence-corrected chi connectivity index (χ1v) is 11.3. The SMILES string of the molecule is CCCS(=O)(=O)Nc1ccccc1C(=O)N1CCC(NCC2CC2)CC1.Cl. The number of carbonyl (C=O) groups excluding carboxylic acids is 1. The minimum atomic E-state index is -3.42. The second kappa shape index (κ2) is 9.75. The molecule has 1 heterocycles. The number of likely N-dealkylation sites (tertiary alicyclic amines) is 1. The van der Waals surface area contributed by atoms with Gasteiger partial charge in [-0.2, -0.15) is 0 Å². The number of amides is 1. The second-order valence-corrected chi connectivity index (χ2v) is 9.23. The average molecular weight is 416 g/mol. The number of para-hydroxylation sites is 1. The van der Waals surface area contributed by atoms with Crippen molar-refractivity contribution in [1.82, 2.24) is 10.2 Å². The Kier molecular flexibility index (Phi) is 7.94. The standard InChI is InChI=1S/C19H29N3O3S.ClH/c1-2-13-26(24,25)21-18-6-4-3-5-17(18)19(23)22-11-9-16(10-12-22)20-14-15-7-8-15;/h3-6,15-16,20-21H,2,7-14H2,1H3;1H. The average Bonchev–Trinajstić information content (AvgIpc) is 3.44. The van der Waals surface area contributed by atoms with Crippen LogP contribution in [0.4, 0.5) is 5.69 Å². The molecule has 6 nitrogen and oxygen atoms in total. The quantitative estimate of drug-likeness (QED) is 0.684. The maximum Gasteiger partial charge on any atom is 0.255 e. The molecular weight excluding hydrogens is 386 g/mol. The normalized spacial score (nSPS) is 18.0. The van der Waals surface area contributed by atoms with Gasteiger partial charge in [-0.3, -0.25) is 9.52 Å². The summed E-state index contributed by atoms with van der Waals surface area (Å²) >= 11 is 0. The maximum atomic E-state index is 12.9. The van der Waals surface area contributed by atoms with Gasteiger partial charge in [0, 0.05) is 19.1 Å². The summed E-state index contributed by atoms with van der Waals surface area (Å²) < 4.78 is 26.7. The van der Waals surface area contributed by atoms with Crippen LogP contribution in [-0.4, -0.2) is 50.7 Å². The van der Waals surface area contributed by atoms with Crippen LogP contribution in [0.2, 0.25) is 0 Å². The first kappa shape index (κ1) is 22.0. The van der Waals surface area contributed by atoms with Crippen LogP contribution in [0.15, 0.2) is 24.3 Å². The van der Waals surface area contributed by atoms with Gasteiger partial charge in [-0.15, -0.1) is 12.4 Å². The topological polar surface area (TPSA) is 78.5 Å². The maximum absolute atomic E-state index is 12.9. The molecule has 0 atom stereocenters. The Morgan fingerprint density at radius 2 is 1.81 bits per heavy atom. The van der Waals surface area contributed by atoms with Crippen molar-refractivity contribution in [1.29, 1.82) is 0 Å². The largest absolute Gasteiger partial charge is 0.338 e. The molecule has 2 aliphatic rings. The lowest BCUT2D eigenvalue weighted by Gasteiger charge is -2.33. The first-order chi connectivity index (χ1) is 12.5. The molecule has 1 aliphatic heterocycles. The van der Waals surface area contributed by atoms with E-state index in [1.807, 2.05) is 11.8 Å². The third-order valence-corrected chi connectivity index (χ3v) is 6.55. The van der Waals surface area contributed by atoms with Crippen LogP contribution in [0.5, 0.6) is 0 Å². The van der Waals surface area contributed by atoms with Gasteiger partial charge in [0.15, 0.2) is 0 Å². The summed E-state index contributed by atoms with van der Waals surface area (Å²) in [5, 5.41) is 3.61. The fourth-order valence-electron chi connectivity index (χ4n) is 3.36. The zero-order chi connectivity index (χ0) is 18.6. The van der Waals surface area contributed by atoms with E-state index in [1.165, 1.54) is 12.8 Å². The second-order valence-electron chi connectivity index (χ2n) is 7.38. The lowest BCUT2D eigenvalue weighted by atomic mass is 10.0. The van der Waals surface area contributed by atoms with Crippen LogP contribution in [-0.2, 0) is 10.0 Å². The fourth-order valence-corrected chi connectivity index (χ4v) is 4.51. The van der Waals surface area contributed by atoms with Crippen LogP contribution < -0.4 is 10.0 Å². The number of carbonyl (C=O) groups is 1. The van der Waals surface area contributed by atoms with Gasteiger partial charge in [0.2, 0.25) is 10.0 Å². The summed E-state index contributed by atoms with van der Waals surface area (Å²) in [6.45, 7) is 4.33. The Bertz CT molecular complexity index is 729. The number of hydrogen-bond acceptors (Lipinski definition) is 4. The number of piperidine rings is 1. The molecule has 2 N–H and O–H groups in total. The van der Waals surface area contributed by atoms with Crippen molar-refractivity contribution >= 4 is 34.0 Å². The molecule has 0 aromatic heterocycles. The highest BCUT2D eigenvalue weighted by molar-refractivity contribution is 7.92. The molecule has 8 heteroatoms. The minimum Gasteiger partial charge on any atom is -0.338 e. The fraction of sp³-hybridized carbons (Fsp3) is 0.632. The van der Waals surface area contributed by atoms with Gasteiger partial charge in [-0.25, -0.2) is 8.42 Å². The summed E-state index contributed by atoms with van der Waals surface area (Å²) in [6.07, 6.45) is 5.11. The number of nitrogens with zero attached hydrogens (tertiary/aromatic N) is 1. The van der Waals surface area contributed by atoms with Crippen molar-refractivity contribution in [3.05, 3.63) is 29.8 Å². The highest BCUT2D eigenvalue weighted by atomic mass is 35.5. The molecule has 1 aromatic rings. The number of hydrogen-bond donors (Lipinski definition) is 2. The predicted octanol–water partition coefficient (Wildman–Crippen LogP) is 2.86. The van der Waals surface area contributed by atoms with Crippen molar-refractivity contribution in [3.8, 4) is 0 Å². The van der Waals surface area contributed by atoms with Gasteiger partial charge in [-0.1, -0.05) is 19.1 Å². The third kappa shape index (κ3) is 6.36. The van der Waals surface area contributed by atoms with Crippen molar-refractivity contribution in [3.63, 3.8) is 0 Å². The van der Waals surface area contributed by atoms with E-state index >= 15 is 0 Å². The molecule has 2 fully saturated rings. The minimum absolute atomic E-state index is 0. The van der Waals surface area contributed by atoms with Crippen LogP contribution in [0, 0.1) is 5.92 Å². The molecule has 3 rings (SSSR count). The molecule has 0 bridgehead atoms. The molecule has 0 spiro atoms. The van der Waals surface area contributed by atoms with E-state index in [-0.39, 0.29) is 24.1 Å². The number of anilines is 1. The van der Waals surface area contributed by atoms with Gasteiger partial charge in [-0.05, 0) is 56.7 Å². The van der Waals surface area contributed by atoms with Crippen LogP contribution in [0.25, 0.3) is 0 Å². The van der Waals surface area contributed by atoms with Crippen LogP contribution >= 0.6 is 12.4 Å². The van der Waals surface area contributed by atoms with Crippen LogP contribution in [0.3, 0.4) is 0 Å². The summed E-state index contributed by atoms with van der Waals surface area (Å²) in [7, 11) is -3.42. The Balaban J connectivity index is 0.00000261. The molecule has 1 saturated carbocycles. The molecule has 0 unspecified atom stereocenters. The number of nitrogens with one attached hydrogen (secondary N) is 2. The molecule has 1 saturated heterocycles. The molecule has 1 aromatic carbocycles. The third-order valence-electron chi connectivity index (χ3n) is 5.07. The number of benzene rings is 1. The summed E-state index contributed by atoms with van der Waals surface area (Å²) in [6, 6.07) is 7.36. The number of sulfonamides is 1. The van der Waals surface area contributed by atoms with Gasteiger partial charge in [0.25, 0.3) is 5.91 Å². The molecule has 152 valence electrons. The zero-order valence-corrected chi connectivity index (χ0v) is 17.4. The predicted molar refractivity (Wildman–Crippen MR) is 111 cm³/mol. The summed E-state index contributed by atoms with van der Waals surface area (Å²) in [5.41, 5.74) is 0.802. The van der Waals surface area contributed by atoms with Crippen LogP contribution in [0.1, 0.15) is 49.4 Å². The summed E-state index contributed by atoms with van der Waals surface area (Å²) in [4.78, 5) is 14.8. The lowest BCUT2D eigenvalue weighted by molar-refractivity contribution is 0.0706. The van der Waals surface area contributed by atoms with E-state index in [0.29, 0.717) is 36.8 Å². The van der Waals surface area contributed by atoms with Gasteiger partial charge < -0.3 is 10.2 Å². The van der Waals surface area contributed by atoms with Gasteiger partial charge in [0.05, 0.1) is 17.0 Å². The molecule has 27 heavy (non-hydrogen) atoms.